The maximum absolute atomic E-state index is 13.3. The number of halogens is 3. The second-order valence-corrected chi connectivity index (χ2v) is 7.06. The molecular weight excluding hydrogens is 405 g/mol. The lowest BCUT2D eigenvalue weighted by molar-refractivity contribution is -0.136. The molecule has 154 valence electrons. The minimum Gasteiger partial charge on any atom is -0.435 e. The van der Waals surface area contributed by atoms with E-state index in [0.29, 0.717) is 11.4 Å². The predicted molar refractivity (Wildman–Crippen MR) is 110 cm³/mol. The highest BCUT2D eigenvalue weighted by Crippen LogP contribution is 2.38. The van der Waals surface area contributed by atoms with Gasteiger partial charge in [-0.25, -0.2) is 4.98 Å². The van der Waals surface area contributed by atoms with E-state index in [4.69, 9.17) is 4.42 Å². The van der Waals surface area contributed by atoms with Gasteiger partial charge in [-0.2, -0.15) is 13.2 Å². The smallest absolute Gasteiger partial charge is 0.420 e. The van der Waals surface area contributed by atoms with E-state index in [9.17, 15) is 13.2 Å². The van der Waals surface area contributed by atoms with E-state index < -0.39 is 11.7 Å². The van der Waals surface area contributed by atoms with E-state index >= 15 is 0 Å². The van der Waals surface area contributed by atoms with Crippen molar-refractivity contribution < 1.29 is 17.6 Å². The molecule has 3 aromatic carbocycles. The number of hydrogen-bond acceptors (Lipinski definition) is 4. The van der Waals surface area contributed by atoms with Gasteiger partial charge < -0.3 is 8.98 Å². The Bertz CT molecular complexity index is 1400. The molecule has 0 amide bonds. The second-order valence-electron chi connectivity index (χ2n) is 7.06. The summed E-state index contributed by atoms with van der Waals surface area (Å²) in [5.41, 5.74) is 2.28. The molecule has 0 atom stereocenters. The second kappa shape index (κ2) is 7.09. The van der Waals surface area contributed by atoms with Crippen LogP contribution >= 0.6 is 0 Å². The number of para-hydroxylation sites is 1. The first kappa shape index (κ1) is 19.0. The minimum atomic E-state index is -4.52. The Kier molecular flexibility index (Phi) is 4.35. The van der Waals surface area contributed by atoms with Crippen LogP contribution in [0.5, 0.6) is 0 Å². The Morgan fingerprint density at radius 3 is 2.35 bits per heavy atom. The Balaban J connectivity index is 1.63. The maximum Gasteiger partial charge on any atom is 0.420 e. The minimum absolute atomic E-state index is 0.129. The summed E-state index contributed by atoms with van der Waals surface area (Å²) in [5.74, 6) is 0.836. The fourth-order valence-corrected chi connectivity index (χ4v) is 3.57. The first-order valence-corrected chi connectivity index (χ1v) is 9.43. The lowest BCUT2D eigenvalue weighted by Crippen LogP contribution is -2.04. The fourth-order valence-electron chi connectivity index (χ4n) is 3.57. The molecule has 5 aromatic rings. The summed E-state index contributed by atoms with van der Waals surface area (Å²) in [7, 11) is 1.86. The van der Waals surface area contributed by atoms with E-state index in [0.717, 1.165) is 22.8 Å². The van der Waals surface area contributed by atoms with E-state index in [-0.39, 0.29) is 17.0 Å². The molecule has 5 rings (SSSR count). The van der Waals surface area contributed by atoms with Gasteiger partial charge in [-0.15, -0.1) is 10.2 Å². The normalized spacial score (nSPS) is 11.9. The van der Waals surface area contributed by atoms with Gasteiger partial charge in [0.05, 0.1) is 0 Å². The molecule has 0 aliphatic heterocycles. The van der Waals surface area contributed by atoms with E-state index in [1.54, 1.807) is 12.4 Å². The van der Waals surface area contributed by atoms with Crippen LogP contribution < -0.4 is 0 Å². The van der Waals surface area contributed by atoms with Crippen molar-refractivity contribution in [3.05, 3.63) is 78.6 Å². The molecule has 0 bridgehead atoms. The van der Waals surface area contributed by atoms with Gasteiger partial charge in [0, 0.05) is 18.2 Å². The van der Waals surface area contributed by atoms with Crippen molar-refractivity contribution in [2.45, 2.75) is 6.18 Å². The van der Waals surface area contributed by atoms with Gasteiger partial charge in [0.15, 0.2) is 11.4 Å². The van der Waals surface area contributed by atoms with Gasteiger partial charge in [-0.1, -0.05) is 42.5 Å². The van der Waals surface area contributed by atoms with Crippen LogP contribution in [0.25, 0.3) is 45.1 Å². The number of nitrogens with zero attached hydrogens (tertiary/aromatic N) is 4. The third kappa shape index (κ3) is 3.35. The molecule has 0 aliphatic rings. The molecule has 0 saturated carbocycles. The number of hydrogen-bond donors (Lipinski definition) is 0. The number of aryl methyl sites for hydroxylation is 1. The van der Waals surface area contributed by atoms with Crippen LogP contribution in [0.15, 0.2) is 77.5 Å². The lowest BCUT2D eigenvalue weighted by Gasteiger charge is -2.10. The van der Waals surface area contributed by atoms with Gasteiger partial charge in [0.2, 0.25) is 5.89 Å². The average molecular weight is 420 g/mol. The topological polar surface area (TPSA) is 56.7 Å². The molecule has 2 heterocycles. The zero-order valence-corrected chi connectivity index (χ0v) is 16.3. The Hall–Kier alpha value is -3.94. The number of benzene rings is 3. The van der Waals surface area contributed by atoms with Crippen LogP contribution in [0.4, 0.5) is 13.2 Å². The highest BCUT2D eigenvalue weighted by molar-refractivity contribution is 5.84. The summed E-state index contributed by atoms with van der Waals surface area (Å²) < 4.78 is 47.4. The molecule has 0 fully saturated rings. The number of fused-ring (bicyclic) bond motifs is 1. The molecular formula is C23H15F3N4O. The first-order valence-electron chi connectivity index (χ1n) is 9.43. The highest BCUT2D eigenvalue weighted by atomic mass is 19.4. The summed E-state index contributed by atoms with van der Waals surface area (Å²) >= 11 is 0. The summed E-state index contributed by atoms with van der Waals surface area (Å²) in [6, 6.07) is 18.9. The van der Waals surface area contributed by atoms with Crippen LogP contribution in [0.1, 0.15) is 5.56 Å². The Morgan fingerprint density at radius 2 is 1.61 bits per heavy atom. The van der Waals surface area contributed by atoms with Gasteiger partial charge >= 0.3 is 6.18 Å². The number of oxazole rings is 1. The number of alkyl halides is 3. The molecule has 0 N–H and O–H groups in total. The highest BCUT2D eigenvalue weighted by Gasteiger charge is 2.34. The van der Waals surface area contributed by atoms with E-state index in [1.165, 1.54) is 12.1 Å². The van der Waals surface area contributed by atoms with Crippen molar-refractivity contribution in [1.29, 1.82) is 0 Å². The standard InChI is InChI=1S/C23H15F3N4O/c1-30-13-27-29-21(30)17-9-3-2-8-16(17)14-6-4-7-15(12-14)22-28-19-11-5-10-18(20(19)31-22)23(24,25)26/h2-13H,1H3. The molecule has 0 spiro atoms. The summed E-state index contributed by atoms with van der Waals surface area (Å²) in [6.07, 6.45) is -2.90. The van der Waals surface area contributed by atoms with Gasteiger partial charge in [-0.3, -0.25) is 0 Å². The summed E-state index contributed by atoms with van der Waals surface area (Å²) in [5, 5.41) is 8.14. The quantitative estimate of drug-likeness (QED) is 0.361. The van der Waals surface area contributed by atoms with E-state index in [1.807, 2.05) is 54.1 Å². The van der Waals surface area contributed by atoms with Crippen LogP contribution in [0, 0.1) is 0 Å². The number of rotatable bonds is 3. The molecule has 8 heteroatoms. The van der Waals surface area contributed by atoms with Crippen molar-refractivity contribution in [2.24, 2.45) is 7.05 Å². The molecule has 31 heavy (non-hydrogen) atoms. The van der Waals surface area contributed by atoms with Gasteiger partial charge in [0.25, 0.3) is 0 Å². The van der Waals surface area contributed by atoms with Crippen molar-refractivity contribution in [3.8, 4) is 34.0 Å². The Morgan fingerprint density at radius 1 is 0.871 bits per heavy atom. The molecule has 0 aliphatic carbocycles. The molecule has 0 saturated heterocycles. The number of aromatic nitrogens is 4. The maximum atomic E-state index is 13.3. The molecule has 5 nitrogen and oxygen atoms in total. The fraction of sp³-hybridized carbons (Fsp3) is 0.0870. The lowest BCUT2D eigenvalue weighted by atomic mass is 9.97. The molecule has 0 radical (unpaired) electrons. The van der Waals surface area contributed by atoms with Crippen molar-refractivity contribution in [3.63, 3.8) is 0 Å². The Labute approximate surface area is 174 Å². The summed E-state index contributed by atoms with van der Waals surface area (Å²) in [4.78, 5) is 4.29. The zero-order chi connectivity index (χ0) is 21.6. The van der Waals surface area contributed by atoms with Crippen molar-refractivity contribution in [1.82, 2.24) is 19.7 Å². The predicted octanol–water partition coefficient (Wildman–Crippen LogP) is 5.98. The SMILES string of the molecule is Cn1cnnc1-c1ccccc1-c1cccc(-c2nc3cccc(C(F)(F)F)c3o2)c1. The molecule has 0 unspecified atom stereocenters. The first-order chi connectivity index (χ1) is 14.9. The van der Waals surface area contributed by atoms with Gasteiger partial charge in [-0.05, 0) is 35.4 Å². The largest absolute Gasteiger partial charge is 0.435 e. The monoisotopic (exact) mass is 420 g/mol. The van der Waals surface area contributed by atoms with Crippen LogP contribution in [-0.4, -0.2) is 19.7 Å². The third-order valence-electron chi connectivity index (χ3n) is 5.02. The average Bonchev–Trinajstić information content (AvgIpc) is 3.39. The van der Waals surface area contributed by atoms with Crippen LogP contribution in [0.2, 0.25) is 0 Å². The van der Waals surface area contributed by atoms with E-state index in [2.05, 4.69) is 15.2 Å². The van der Waals surface area contributed by atoms with Crippen molar-refractivity contribution in [2.75, 3.05) is 0 Å². The third-order valence-corrected chi connectivity index (χ3v) is 5.02. The summed E-state index contributed by atoms with van der Waals surface area (Å²) in [6.45, 7) is 0. The van der Waals surface area contributed by atoms with Gasteiger partial charge in [0.1, 0.15) is 17.4 Å². The molecule has 2 aromatic heterocycles. The zero-order valence-electron chi connectivity index (χ0n) is 16.3. The van der Waals surface area contributed by atoms with Crippen LogP contribution in [0.3, 0.4) is 0 Å². The van der Waals surface area contributed by atoms with Crippen LogP contribution in [-0.2, 0) is 13.2 Å². The van der Waals surface area contributed by atoms with Crippen molar-refractivity contribution >= 4 is 11.1 Å².